The van der Waals surface area contributed by atoms with Crippen LogP contribution in [0.4, 0.5) is 61.6 Å². The van der Waals surface area contributed by atoms with E-state index in [2.05, 4.69) is 15.3 Å². The highest BCUT2D eigenvalue weighted by atomic mass is 19.4. The van der Waals surface area contributed by atoms with Gasteiger partial charge in [0.15, 0.2) is 0 Å². The van der Waals surface area contributed by atoms with Crippen LogP contribution in [0.2, 0.25) is 0 Å². The monoisotopic (exact) mass is 777 g/mol. The summed E-state index contributed by atoms with van der Waals surface area (Å²) in [4.78, 5) is 36.0. The summed E-state index contributed by atoms with van der Waals surface area (Å²) in [5, 5.41) is 11.9. The highest BCUT2D eigenvalue weighted by Gasteiger charge is 2.40. The molecule has 0 saturated carbocycles. The molecule has 1 amide bonds. The maximum absolute atomic E-state index is 13.9. The number of anilines is 3. The molecular formula is C35H36F9N5O5. The summed E-state index contributed by atoms with van der Waals surface area (Å²) in [5.41, 5.74) is -3.84. The van der Waals surface area contributed by atoms with E-state index in [1.807, 2.05) is 0 Å². The smallest absolute Gasteiger partial charge is 0.416 e. The second kappa shape index (κ2) is 16.3. The first-order valence-electron chi connectivity index (χ1n) is 17.0. The summed E-state index contributed by atoms with van der Waals surface area (Å²) in [6.07, 6.45) is -14.2. The molecule has 2 unspecified atom stereocenters. The Balaban J connectivity index is 1.52. The first-order chi connectivity index (χ1) is 25.3. The van der Waals surface area contributed by atoms with E-state index in [4.69, 9.17) is 14.6 Å². The van der Waals surface area contributed by atoms with Crippen LogP contribution in [0, 0.1) is 0 Å². The van der Waals surface area contributed by atoms with Crippen molar-refractivity contribution in [1.29, 1.82) is 0 Å². The Morgan fingerprint density at radius 3 is 2.15 bits per heavy atom. The average Bonchev–Trinajstić information content (AvgIpc) is 3.10. The Morgan fingerprint density at radius 1 is 0.907 bits per heavy atom. The second-order valence-corrected chi connectivity index (χ2v) is 12.8. The van der Waals surface area contributed by atoms with E-state index in [1.54, 1.807) is 11.8 Å². The van der Waals surface area contributed by atoms with Gasteiger partial charge in [0.2, 0.25) is 5.95 Å². The molecule has 1 saturated heterocycles. The van der Waals surface area contributed by atoms with E-state index in [-0.39, 0.29) is 80.0 Å². The number of halogens is 9. The third-order valence-corrected chi connectivity index (χ3v) is 9.06. The molecular weight excluding hydrogens is 741 g/mol. The highest BCUT2D eigenvalue weighted by molar-refractivity contribution is 5.90. The summed E-state index contributed by atoms with van der Waals surface area (Å²) in [6, 6.07) is 2.51. The molecule has 294 valence electrons. The number of carbonyl (C=O) groups excluding carboxylic acids is 1. The molecule has 5 rings (SSSR count). The lowest BCUT2D eigenvalue weighted by atomic mass is 9.89. The molecule has 3 heterocycles. The molecule has 1 fully saturated rings. The fourth-order valence-electron chi connectivity index (χ4n) is 6.42. The Labute approximate surface area is 303 Å². The zero-order chi connectivity index (χ0) is 39.4. The SMILES string of the molecule is CCC1CC(Nc2ncc(N3CCOCC3)c(Cc3cc(C(F)(F)F)cc(C(F)(F)F)c3)n2)c2cc(C(F)(F)F)ccc2N1C(=O)OCCCCC(=O)O. The molecule has 10 nitrogen and oxygen atoms in total. The number of benzene rings is 2. The number of ether oxygens (including phenoxy) is 2. The van der Waals surface area contributed by atoms with Crippen LogP contribution in [0.25, 0.3) is 0 Å². The predicted molar refractivity (Wildman–Crippen MR) is 176 cm³/mol. The first-order valence-corrected chi connectivity index (χ1v) is 17.0. The number of amides is 1. The molecule has 2 aliphatic heterocycles. The minimum absolute atomic E-state index is 0.0256. The molecule has 0 radical (unpaired) electrons. The molecule has 0 bridgehead atoms. The molecule has 1 aromatic heterocycles. The molecule has 54 heavy (non-hydrogen) atoms. The maximum atomic E-state index is 13.9. The van der Waals surface area contributed by atoms with Crippen LogP contribution in [0.3, 0.4) is 0 Å². The van der Waals surface area contributed by atoms with Crippen molar-refractivity contribution in [1.82, 2.24) is 9.97 Å². The number of fused-ring (bicyclic) bond motifs is 1. The van der Waals surface area contributed by atoms with E-state index >= 15 is 0 Å². The zero-order valence-corrected chi connectivity index (χ0v) is 28.7. The van der Waals surface area contributed by atoms with Gasteiger partial charge in [-0.15, -0.1) is 0 Å². The van der Waals surface area contributed by atoms with E-state index in [1.165, 1.54) is 11.1 Å². The Kier molecular flexibility index (Phi) is 12.2. The minimum Gasteiger partial charge on any atom is -0.481 e. The van der Waals surface area contributed by atoms with E-state index in [9.17, 15) is 49.1 Å². The Hall–Kier alpha value is -4.81. The van der Waals surface area contributed by atoms with Crippen molar-refractivity contribution in [2.45, 2.75) is 76.1 Å². The van der Waals surface area contributed by atoms with Gasteiger partial charge < -0.3 is 24.8 Å². The number of rotatable bonds is 11. The number of alkyl halides is 9. The lowest BCUT2D eigenvalue weighted by Gasteiger charge is -2.40. The molecule has 19 heteroatoms. The molecule has 2 aromatic carbocycles. The van der Waals surface area contributed by atoms with Crippen LogP contribution in [0.15, 0.2) is 42.6 Å². The number of carboxylic acid groups (broad SMARTS) is 1. The van der Waals surface area contributed by atoms with Crippen LogP contribution in [-0.4, -0.2) is 66.1 Å². The number of aromatic nitrogens is 2. The van der Waals surface area contributed by atoms with Gasteiger partial charge in [-0.05, 0) is 73.2 Å². The van der Waals surface area contributed by atoms with Crippen LogP contribution in [-0.2, 0) is 39.2 Å². The standard InChI is InChI=1S/C35H36F9N5O5/c1-2-24-18-26(25-17-21(33(36,37)38)6-7-28(25)49(24)32(52)54-10-4-3-5-30(50)51)46-31-45-19-29(48-8-11-53-12-9-48)27(47-31)15-20-13-22(34(39,40)41)16-23(14-20)35(42,43)44/h6-7,13-14,16-17,19,24,26H,2-5,8-12,15,18H2,1H3,(H,50,51)(H,45,46,47). The quantitative estimate of drug-likeness (QED) is 0.146. The lowest BCUT2D eigenvalue weighted by Crippen LogP contribution is -2.46. The molecule has 3 aromatic rings. The lowest BCUT2D eigenvalue weighted by molar-refractivity contribution is -0.143. The number of carbonyl (C=O) groups is 2. The van der Waals surface area contributed by atoms with Crippen LogP contribution in [0.5, 0.6) is 0 Å². The van der Waals surface area contributed by atoms with Gasteiger partial charge in [0, 0.05) is 32.0 Å². The Morgan fingerprint density at radius 2 is 1.56 bits per heavy atom. The number of carboxylic acids is 1. The summed E-state index contributed by atoms with van der Waals surface area (Å²) in [7, 11) is 0. The third kappa shape index (κ3) is 9.83. The minimum atomic E-state index is -5.08. The summed E-state index contributed by atoms with van der Waals surface area (Å²) >= 11 is 0. The summed E-state index contributed by atoms with van der Waals surface area (Å²) in [6.45, 7) is 2.82. The number of unbranched alkanes of at least 4 members (excludes halogenated alkanes) is 1. The van der Waals surface area contributed by atoms with Crippen molar-refractivity contribution in [3.8, 4) is 0 Å². The number of morpholine rings is 1. The summed E-state index contributed by atoms with van der Waals surface area (Å²) < 4.78 is 135. The van der Waals surface area contributed by atoms with Gasteiger partial charge in [0.1, 0.15) is 0 Å². The maximum Gasteiger partial charge on any atom is 0.416 e. The van der Waals surface area contributed by atoms with Crippen LogP contribution < -0.4 is 15.1 Å². The third-order valence-electron chi connectivity index (χ3n) is 9.06. The van der Waals surface area contributed by atoms with Crippen molar-refractivity contribution in [3.63, 3.8) is 0 Å². The Bertz CT molecular complexity index is 1780. The van der Waals surface area contributed by atoms with Crippen LogP contribution in [0.1, 0.15) is 78.6 Å². The number of nitrogens with one attached hydrogen (secondary N) is 1. The zero-order valence-electron chi connectivity index (χ0n) is 28.7. The second-order valence-electron chi connectivity index (χ2n) is 12.8. The molecule has 0 spiro atoms. The number of hydrogen-bond acceptors (Lipinski definition) is 8. The topological polar surface area (TPSA) is 117 Å². The van der Waals surface area contributed by atoms with Crippen molar-refractivity contribution >= 4 is 29.4 Å². The largest absolute Gasteiger partial charge is 0.481 e. The highest BCUT2D eigenvalue weighted by Crippen LogP contribution is 2.43. The van der Waals surface area contributed by atoms with E-state index < -0.39 is 65.8 Å². The van der Waals surface area contributed by atoms with Gasteiger partial charge >= 0.3 is 30.6 Å². The first kappa shape index (κ1) is 40.4. The van der Waals surface area contributed by atoms with Gasteiger partial charge in [-0.1, -0.05) is 6.92 Å². The van der Waals surface area contributed by atoms with Gasteiger partial charge in [-0.25, -0.2) is 14.8 Å². The van der Waals surface area contributed by atoms with Crippen molar-refractivity contribution < 1.29 is 63.7 Å². The number of aliphatic carboxylic acids is 1. The molecule has 2 atom stereocenters. The van der Waals surface area contributed by atoms with Gasteiger partial charge in [0.05, 0.1) is 65.8 Å². The fourth-order valence-corrected chi connectivity index (χ4v) is 6.42. The van der Waals surface area contributed by atoms with E-state index in [0.717, 1.165) is 18.2 Å². The van der Waals surface area contributed by atoms with Gasteiger partial charge in [0.25, 0.3) is 0 Å². The average molecular weight is 778 g/mol. The van der Waals surface area contributed by atoms with E-state index in [0.29, 0.717) is 37.3 Å². The van der Waals surface area contributed by atoms with Crippen molar-refractivity contribution in [2.75, 3.05) is 48.0 Å². The molecule has 2 N–H and O–H groups in total. The van der Waals surface area contributed by atoms with Gasteiger partial charge in [-0.3, -0.25) is 9.69 Å². The normalized spacial score (nSPS) is 18.0. The fraction of sp³-hybridized carbons (Fsp3) is 0.486. The summed E-state index contributed by atoms with van der Waals surface area (Å²) in [5.74, 6) is -1.18. The van der Waals surface area contributed by atoms with Crippen molar-refractivity contribution in [3.05, 3.63) is 76.1 Å². The van der Waals surface area contributed by atoms with Crippen LogP contribution >= 0.6 is 0 Å². The number of hydrogen-bond donors (Lipinski definition) is 2. The van der Waals surface area contributed by atoms with Crippen molar-refractivity contribution in [2.24, 2.45) is 0 Å². The molecule has 0 aliphatic carbocycles. The number of nitrogens with zero attached hydrogens (tertiary/aromatic N) is 4. The predicted octanol–water partition coefficient (Wildman–Crippen LogP) is 8.49. The van der Waals surface area contributed by atoms with Gasteiger partial charge in [-0.2, -0.15) is 39.5 Å². The molecule has 2 aliphatic rings.